The van der Waals surface area contributed by atoms with E-state index in [0.717, 1.165) is 30.0 Å². The van der Waals surface area contributed by atoms with E-state index in [9.17, 15) is 9.59 Å². The number of fused-ring (bicyclic) bond motifs is 1. The molecule has 1 aliphatic heterocycles. The van der Waals surface area contributed by atoms with Crippen molar-refractivity contribution in [2.24, 2.45) is 11.5 Å². The van der Waals surface area contributed by atoms with Gasteiger partial charge >= 0.3 is 0 Å². The normalized spacial score (nSPS) is 15.0. The number of nitrogens with two attached hydrogens (primary N) is 2. The predicted octanol–water partition coefficient (Wildman–Crippen LogP) is -0.0554. The molecule has 1 heterocycles. The Morgan fingerprint density at radius 2 is 2.04 bits per heavy atom. The molecule has 0 radical (unpaired) electrons. The van der Waals surface area contributed by atoms with Crippen molar-refractivity contribution in [3.05, 3.63) is 23.8 Å². The van der Waals surface area contributed by atoms with Crippen molar-refractivity contribution in [3.8, 4) is 11.5 Å². The molecule has 0 saturated carbocycles. The van der Waals surface area contributed by atoms with Crippen LogP contribution in [0.4, 0.5) is 0 Å². The van der Waals surface area contributed by atoms with Crippen molar-refractivity contribution in [2.75, 3.05) is 20.0 Å². The van der Waals surface area contributed by atoms with E-state index in [1.54, 1.807) is 0 Å². The van der Waals surface area contributed by atoms with Gasteiger partial charge in [-0.05, 0) is 37.6 Å². The maximum absolute atomic E-state index is 11.9. The van der Waals surface area contributed by atoms with Crippen molar-refractivity contribution < 1.29 is 19.1 Å². The van der Waals surface area contributed by atoms with Gasteiger partial charge in [-0.2, -0.15) is 0 Å². The maximum atomic E-state index is 11.9. The number of nitrogens with zero attached hydrogens (tertiary/aromatic N) is 1. The molecule has 5 N–H and O–H groups in total. The Labute approximate surface area is 147 Å². The van der Waals surface area contributed by atoms with E-state index in [4.69, 9.17) is 20.9 Å². The fraction of sp³-hybridized carbons (Fsp3) is 0.529. The van der Waals surface area contributed by atoms with E-state index in [-0.39, 0.29) is 25.2 Å². The van der Waals surface area contributed by atoms with Crippen molar-refractivity contribution in [1.29, 1.82) is 0 Å². The molecule has 0 aromatic heterocycles. The number of carbonyl (C=O) groups is 2. The number of amides is 2. The fourth-order valence-electron chi connectivity index (χ4n) is 2.74. The average Bonchev–Trinajstić information content (AvgIpc) is 3.02. The number of primary amides is 1. The minimum Gasteiger partial charge on any atom is -0.454 e. The van der Waals surface area contributed by atoms with Gasteiger partial charge in [0.15, 0.2) is 11.5 Å². The number of hydrogen-bond donors (Lipinski definition) is 3. The van der Waals surface area contributed by atoms with Crippen LogP contribution in [0.25, 0.3) is 0 Å². The minimum atomic E-state index is -0.916. The van der Waals surface area contributed by atoms with Crippen molar-refractivity contribution >= 4 is 11.8 Å². The second-order valence-corrected chi connectivity index (χ2v) is 6.12. The first-order valence-electron chi connectivity index (χ1n) is 8.34. The van der Waals surface area contributed by atoms with E-state index in [1.165, 1.54) is 0 Å². The molecule has 8 nitrogen and oxygen atoms in total. The summed E-state index contributed by atoms with van der Waals surface area (Å²) in [6.07, 6.45) is 0.637. The van der Waals surface area contributed by atoms with Crippen LogP contribution < -0.4 is 26.3 Å². The SMILES string of the molecule is CCN(CNC(=O)C(N)CC(N)=O)C(C)Cc1ccc2c(c1)OCO2. The summed E-state index contributed by atoms with van der Waals surface area (Å²) in [6.45, 7) is 5.48. The molecule has 2 rings (SSSR count). The molecule has 2 unspecified atom stereocenters. The molecule has 0 bridgehead atoms. The monoisotopic (exact) mass is 350 g/mol. The van der Waals surface area contributed by atoms with Crippen LogP contribution in [0.15, 0.2) is 18.2 Å². The summed E-state index contributed by atoms with van der Waals surface area (Å²) < 4.78 is 10.7. The van der Waals surface area contributed by atoms with Gasteiger partial charge in [-0.1, -0.05) is 13.0 Å². The van der Waals surface area contributed by atoms with E-state index in [1.807, 2.05) is 25.1 Å². The number of nitrogens with one attached hydrogen (secondary N) is 1. The largest absolute Gasteiger partial charge is 0.454 e. The summed E-state index contributed by atoms with van der Waals surface area (Å²) >= 11 is 0. The lowest BCUT2D eigenvalue weighted by Crippen LogP contribution is -2.49. The molecule has 25 heavy (non-hydrogen) atoms. The third-order valence-electron chi connectivity index (χ3n) is 4.21. The van der Waals surface area contributed by atoms with Crippen LogP contribution in [-0.2, 0) is 16.0 Å². The van der Waals surface area contributed by atoms with E-state index < -0.39 is 11.9 Å². The molecule has 2 atom stereocenters. The number of ether oxygens (including phenoxy) is 2. The molecule has 0 spiro atoms. The molecular weight excluding hydrogens is 324 g/mol. The van der Waals surface area contributed by atoms with Crippen molar-refractivity contribution in [3.63, 3.8) is 0 Å². The third-order valence-corrected chi connectivity index (χ3v) is 4.21. The standard InChI is InChI=1S/C17H26N4O4/c1-3-21(9-20-17(23)13(18)8-16(19)22)11(2)6-12-4-5-14-15(7-12)25-10-24-14/h4-5,7,11,13H,3,6,8-10,18H2,1-2H3,(H2,19,22)(H,20,23). The lowest BCUT2D eigenvalue weighted by molar-refractivity contribution is -0.126. The Morgan fingerprint density at radius 3 is 2.72 bits per heavy atom. The van der Waals surface area contributed by atoms with Crippen LogP contribution in [0.3, 0.4) is 0 Å². The molecule has 1 aromatic carbocycles. The van der Waals surface area contributed by atoms with Crippen LogP contribution in [0, 0.1) is 0 Å². The molecular formula is C17H26N4O4. The van der Waals surface area contributed by atoms with Gasteiger partial charge in [0.05, 0.1) is 19.1 Å². The second kappa shape index (κ2) is 8.68. The Bertz CT molecular complexity index is 623. The Hall–Kier alpha value is -2.32. The number of carbonyl (C=O) groups excluding carboxylic acids is 2. The zero-order valence-electron chi connectivity index (χ0n) is 14.7. The van der Waals surface area contributed by atoms with Gasteiger partial charge in [0.25, 0.3) is 0 Å². The van der Waals surface area contributed by atoms with Crippen LogP contribution in [0.5, 0.6) is 11.5 Å². The van der Waals surface area contributed by atoms with E-state index in [2.05, 4.69) is 17.1 Å². The molecule has 8 heteroatoms. The lowest BCUT2D eigenvalue weighted by Gasteiger charge is -2.28. The summed E-state index contributed by atoms with van der Waals surface area (Å²) in [7, 11) is 0. The number of likely N-dealkylation sites (N-methyl/N-ethyl adjacent to an activating group) is 1. The van der Waals surface area contributed by atoms with Gasteiger partial charge in [-0.15, -0.1) is 0 Å². The molecule has 138 valence electrons. The van der Waals surface area contributed by atoms with Gasteiger partial charge in [-0.25, -0.2) is 0 Å². The quantitative estimate of drug-likeness (QED) is 0.537. The zero-order valence-corrected chi connectivity index (χ0v) is 14.7. The molecule has 1 aromatic rings. The summed E-state index contributed by atoms with van der Waals surface area (Å²) in [5.41, 5.74) is 11.8. The minimum absolute atomic E-state index is 0.162. The van der Waals surface area contributed by atoms with E-state index in [0.29, 0.717) is 6.67 Å². The predicted molar refractivity (Wildman–Crippen MR) is 92.9 cm³/mol. The lowest BCUT2D eigenvalue weighted by atomic mass is 10.1. The first-order chi connectivity index (χ1) is 11.9. The molecule has 0 saturated heterocycles. The van der Waals surface area contributed by atoms with Gasteiger partial charge in [0, 0.05) is 6.04 Å². The van der Waals surface area contributed by atoms with Gasteiger partial charge in [0.1, 0.15) is 0 Å². The highest BCUT2D eigenvalue weighted by atomic mass is 16.7. The van der Waals surface area contributed by atoms with Gasteiger partial charge in [-0.3, -0.25) is 14.5 Å². The number of benzene rings is 1. The highest BCUT2D eigenvalue weighted by Gasteiger charge is 2.19. The van der Waals surface area contributed by atoms with E-state index >= 15 is 0 Å². The molecule has 0 fully saturated rings. The van der Waals surface area contributed by atoms with Crippen LogP contribution in [0.1, 0.15) is 25.8 Å². The highest BCUT2D eigenvalue weighted by molar-refractivity contribution is 5.87. The van der Waals surface area contributed by atoms with Crippen LogP contribution >= 0.6 is 0 Å². The topological polar surface area (TPSA) is 120 Å². The molecule has 2 amide bonds. The Balaban J connectivity index is 1.87. The maximum Gasteiger partial charge on any atom is 0.238 e. The highest BCUT2D eigenvalue weighted by Crippen LogP contribution is 2.32. The number of rotatable bonds is 9. The van der Waals surface area contributed by atoms with Gasteiger partial charge in [0.2, 0.25) is 18.6 Å². The Kier molecular flexibility index (Phi) is 6.60. The summed E-state index contributed by atoms with van der Waals surface area (Å²) in [4.78, 5) is 24.9. The van der Waals surface area contributed by atoms with Gasteiger partial charge < -0.3 is 26.3 Å². The molecule has 0 aliphatic carbocycles. The second-order valence-electron chi connectivity index (χ2n) is 6.12. The first-order valence-corrected chi connectivity index (χ1v) is 8.34. The van der Waals surface area contributed by atoms with Crippen molar-refractivity contribution in [2.45, 2.75) is 38.8 Å². The van der Waals surface area contributed by atoms with Crippen LogP contribution in [-0.4, -0.2) is 48.8 Å². The number of hydrogen-bond acceptors (Lipinski definition) is 6. The summed E-state index contributed by atoms with van der Waals surface area (Å²) in [6, 6.07) is 5.18. The first kappa shape index (κ1) is 19.0. The summed E-state index contributed by atoms with van der Waals surface area (Å²) in [5.74, 6) is 0.552. The molecule has 1 aliphatic rings. The average molecular weight is 350 g/mol. The third kappa shape index (κ3) is 5.33. The smallest absolute Gasteiger partial charge is 0.238 e. The fourth-order valence-corrected chi connectivity index (χ4v) is 2.74. The van der Waals surface area contributed by atoms with Crippen LogP contribution in [0.2, 0.25) is 0 Å². The summed E-state index contributed by atoms with van der Waals surface area (Å²) in [5, 5.41) is 2.76. The Morgan fingerprint density at radius 1 is 1.32 bits per heavy atom. The zero-order chi connectivity index (χ0) is 18.4. The van der Waals surface area contributed by atoms with Crippen molar-refractivity contribution in [1.82, 2.24) is 10.2 Å².